The van der Waals surface area contributed by atoms with E-state index < -0.39 is 0 Å². The molecule has 1 aromatic rings. The molecule has 0 aliphatic carbocycles. The molecule has 0 N–H and O–H groups in total. The molecule has 1 aliphatic rings. The van der Waals surface area contributed by atoms with Gasteiger partial charge < -0.3 is 4.90 Å². The Morgan fingerprint density at radius 1 is 1.38 bits per heavy atom. The Kier molecular flexibility index (Phi) is 2.97. The van der Waals surface area contributed by atoms with E-state index in [4.69, 9.17) is 0 Å². The van der Waals surface area contributed by atoms with Gasteiger partial charge in [-0.25, -0.2) is 0 Å². The van der Waals surface area contributed by atoms with Gasteiger partial charge in [0, 0.05) is 11.1 Å². The van der Waals surface area contributed by atoms with Gasteiger partial charge in [-0.05, 0) is 37.4 Å². The van der Waals surface area contributed by atoms with Crippen molar-refractivity contribution in [3.8, 4) is 0 Å². The molecule has 0 spiro atoms. The summed E-state index contributed by atoms with van der Waals surface area (Å²) in [6.45, 7) is 4.72. The Labute approximate surface area is 99.9 Å². The van der Waals surface area contributed by atoms with Crippen LogP contribution in [0.3, 0.4) is 0 Å². The van der Waals surface area contributed by atoms with Crippen LogP contribution in [0.4, 0.5) is 0 Å². The largest absolute Gasteiger partial charge is 0.360 e. The first-order valence-corrected chi connectivity index (χ1v) is 6.17. The van der Waals surface area contributed by atoms with Crippen LogP contribution in [0.1, 0.15) is 18.7 Å². The zero-order chi connectivity index (χ0) is 11.6. The van der Waals surface area contributed by atoms with Gasteiger partial charge >= 0.3 is 0 Å². The normalized spacial score (nSPS) is 16.6. The molecule has 1 aliphatic heterocycles. The van der Waals surface area contributed by atoms with Crippen LogP contribution >= 0.6 is 11.3 Å². The first-order valence-electron chi connectivity index (χ1n) is 5.29. The van der Waals surface area contributed by atoms with Gasteiger partial charge in [0.25, 0.3) is 0 Å². The lowest BCUT2D eigenvalue weighted by Crippen LogP contribution is -2.39. The molecule has 0 saturated carbocycles. The lowest BCUT2D eigenvalue weighted by atomic mass is 10.0. The highest BCUT2D eigenvalue weighted by atomic mass is 32.1. The van der Waals surface area contributed by atoms with E-state index in [2.05, 4.69) is 30.2 Å². The van der Waals surface area contributed by atoms with E-state index in [0.717, 1.165) is 0 Å². The Morgan fingerprint density at radius 2 is 2.19 bits per heavy atom. The van der Waals surface area contributed by atoms with Gasteiger partial charge in [0.2, 0.25) is 0 Å². The average molecular weight is 233 g/mol. The smallest absolute Gasteiger partial charge is 0.174 e. The molecule has 2 heterocycles. The molecule has 0 radical (unpaired) electrons. The van der Waals surface area contributed by atoms with Gasteiger partial charge in [-0.2, -0.15) is 0 Å². The summed E-state index contributed by atoms with van der Waals surface area (Å²) in [6, 6.07) is 4.16. The third kappa shape index (κ3) is 2.09. The topological polar surface area (TPSA) is 20.3 Å². The maximum Gasteiger partial charge on any atom is 0.174 e. The van der Waals surface area contributed by atoms with Gasteiger partial charge in [0.1, 0.15) is 0 Å². The number of thiophene rings is 1. The van der Waals surface area contributed by atoms with Crippen molar-refractivity contribution in [3.63, 3.8) is 0 Å². The van der Waals surface area contributed by atoms with E-state index in [1.807, 2.05) is 18.3 Å². The molecule has 0 aromatic carbocycles. The highest BCUT2D eigenvalue weighted by molar-refractivity contribution is 7.10. The molecule has 2 nitrogen and oxygen atoms in total. The lowest BCUT2D eigenvalue weighted by Gasteiger charge is -2.36. The second kappa shape index (κ2) is 4.26. The molecule has 0 unspecified atom stereocenters. The molecule has 2 rings (SSSR count). The zero-order valence-electron chi connectivity index (χ0n) is 9.51. The number of hydrogen-bond donors (Lipinski definition) is 0. The number of carbonyl (C=O) groups excluding carboxylic acids is 1. The number of allylic oxidation sites excluding steroid dienone is 2. The molecule has 0 bridgehead atoms. The molecule has 3 heteroatoms. The number of nitrogens with zero attached hydrogens (tertiary/aromatic N) is 1. The number of hydrogen-bond acceptors (Lipinski definition) is 3. The van der Waals surface area contributed by atoms with E-state index in [9.17, 15) is 4.79 Å². The maximum absolute atomic E-state index is 11.5. The van der Waals surface area contributed by atoms with Crippen molar-refractivity contribution in [3.05, 3.63) is 46.8 Å². The summed E-state index contributed by atoms with van der Waals surface area (Å²) in [5.41, 5.74) is -0.133. The molecule has 0 fully saturated rings. The summed E-state index contributed by atoms with van der Waals surface area (Å²) in [5.74, 6) is 0.148. The van der Waals surface area contributed by atoms with Gasteiger partial charge in [0.05, 0.1) is 12.1 Å². The Bertz CT molecular complexity index is 429. The highest BCUT2D eigenvalue weighted by Gasteiger charge is 2.28. The van der Waals surface area contributed by atoms with Crippen LogP contribution in [0.5, 0.6) is 0 Å². The summed E-state index contributed by atoms with van der Waals surface area (Å²) < 4.78 is 0. The predicted molar refractivity (Wildman–Crippen MR) is 67.3 cm³/mol. The van der Waals surface area contributed by atoms with Crippen LogP contribution in [0.15, 0.2) is 41.9 Å². The van der Waals surface area contributed by atoms with Crippen molar-refractivity contribution in [2.75, 3.05) is 6.54 Å². The summed E-state index contributed by atoms with van der Waals surface area (Å²) in [4.78, 5) is 14.9. The van der Waals surface area contributed by atoms with Crippen LogP contribution in [-0.4, -0.2) is 17.2 Å². The third-order valence-corrected chi connectivity index (χ3v) is 4.01. The van der Waals surface area contributed by atoms with Crippen LogP contribution < -0.4 is 0 Å². The van der Waals surface area contributed by atoms with E-state index in [1.54, 1.807) is 23.5 Å². The molecular formula is C13H15NOS. The Balaban J connectivity index is 2.27. The first-order chi connectivity index (χ1) is 7.60. The Morgan fingerprint density at radius 3 is 2.88 bits per heavy atom. The number of carbonyl (C=O) groups is 1. The molecule has 16 heavy (non-hydrogen) atoms. The second-order valence-corrected chi connectivity index (χ2v) is 5.28. The molecule has 0 saturated heterocycles. The summed E-state index contributed by atoms with van der Waals surface area (Å²) >= 11 is 1.72. The molecule has 1 aromatic heterocycles. The average Bonchev–Trinajstić information content (AvgIpc) is 2.68. The van der Waals surface area contributed by atoms with Crippen molar-refractivity contribution >= 4 is 17.1 Å². The van der Waals surface area contributed by atoms with Crippen molar-refractivity contribution < 1.29 is 4.79 Å². The van der Waals surface area contributed by atoms with Crippen LogP contribution in [0, 0.1) is 0 Å². The Hall–Kier alpha value is -1.35. The van der Waals surface area contributed by atoms with Crippen LogP contribution in [0.2, 0.25) is 0 Å². The monoisotopic (exact) mass is 233 g/mol. The van der Waals surface area contributed by atoms with Gasteiger partial charge in [-0.15, -0.1) is 11.3 Å². The van der Waals surface area contributed by atoms with E-state index >= 15 is 0 Å². The SMILES string of the molecule is CC(C)(c1cccs1)N1C=CC=CC(=O)C1. The van der Waals surface area contributed by atoms with Crippen LogP contribution in [0.25, 0.3) is 0 Å². The minimum atomic E-state index is -0.133. The summed E-state index contributed by atoms with van der Waals surface area (Å²) in [6.07, 6.45) is 7.33. The molecular weight excluding hydrogens is 218 g/mol. The van der Waals surface area contributed by atoms with Crippen molar-refractivity contribution in [2.45, 2.75) is 19.4 Å². The third-order valence-electron chi connectivity index (χ3n) is 2.83. The first kappa shape index (κ1) is 11.1. The minimum absolute atomic E-state index is 0.133. The maximum atomic E-state index is 11.5. The fourth-order valence-corrected chi connectivity index (χ4v) is 2.61. The van der Waals surface area contributed by atoms with E-state index in [-0.39, 0.29) is 11.3 Å². The van der Waals surface area contributed by atoms with Crippen molar-refractivity contribution in [2.24, 2.45) is 0 Å². The summed E-state index contributed by atoms with van der Waals surface area (Å²) in [5, 5.41) is 2.07. The van der Waals surface area contributed by atoms with E-state index in [1.165, 1.54) is 4.88 Å². The molecule has 84 valence electrons. The number of ketones is 1. The predicted octanol–water partition coefficient (Wildman–Crippen LogP) is 2.94. The van der Waals surface area contributed by atoms with Gasteiger partial charge in [-0.3, -0.25) is 4.79 Å². The van der Waals surface area contributed by atoms with Gasteiger partial charge in [0.15, 0.2) is 5.78 Å². The number of rotatable bonds is 2. The van der Waals surface area contributed by atoms with Gasteiger partial charge in [-0.1, -0.05) is 12.1 Å². The lowest BCUT2D eigenvalue weighted by molar-refractivity contribution is -0.116. The highest BCUT2D eigenvalue weighted by Crippen LogP contribution is 2.31. The second-order valence-electron chi connectivity index (χ2n) is 4.33. The quantitative estimate of drug-likeness (QED) is 0.782. The fraction of sp³-hybridized carbons (Fsp3) is 0.308. The standard InChI is InChI=1S/C13H15NOS/c1-13(2,12-7-5-9-16-12)14-8-4-3-6-11(15)10-14/h3-9H,10H2,1-2H3. The summed E-state index contributed by atoms with van der Waals surface area (Å²) in [7, 11) is 0. The van der Waals surface area contributed by atoms with Crippen LogP contribution in [-0.2, 0) is 10.3 Å². The molecule has 0 amide bonds. The van der Waals surface area contributed by atoms with Crippen molar-refractivity contribution in [1.29, 1.82) is 0 Å². The minimum Gasteiger partial charge on any atom is -0.360 e. The molecule has 0 atom stereocenters. The zero-order valence-corrected chi connectivity index (χ0v) is 10.3. The van der Waals surface area contributed by atoms with Crippen molar-refractivity contribution in [1.82, 2.24) is 4.90 Å². The fourth-order valence-electron chi connectivity index (χ4n) is 1.74. The van der Waals surface area contributed by atoms with E-state index in [0.29, 0.717) is 6.54 Å².